The molecule has 0 atom stereocenters. The molecule has 0 aliphatic rings. The molecule has 0 spiro atoms. The first-order chi connectivity index (χ1) is 13.4. The van der Waals surface area contributed by atoms with Gasteiger partial charge in [-0.05, 0) is 61.5 Å². The molecule has 0 bridgehead atoms. The number of rotatable bonds is 8. The van der Waals surface area contributed by atoms with E-state index in [0.29, 0.717) is 36.0 Å². The smallest absolute Gasteiger partial charge is 0.261 e. The molecule has 28 heavy (non-hydrogen) atoms. The average molecular weight is 463 g/mol. The molecular formula is C21H23BrN2O3S. The number of thiocarbonyl (C=S) groups is 1. The average Bonchev–Trinajstić information content (AvgIpc) is 2.65. The highest BCUT2D eigenvalue weighted by atomic mass is 79.9. The fraction of sp³-hybridized carbons (Fsp3) is 0.238. The summed E-state index contributed by atoms with van der Waals surface area (Å²) in [5, 5.41) is 5.86. The molecule has 5 nitrogen and oxygen atoms in total. The van der Waals surface area contributed by atoms with Crippen LogP contribution < -0.4 is 20.1 Å². The molecule has 0 aliphatic heterocycles. The van der Waals surface area contributed by atoms with Gasteiger partial charge in [0.05, 0.1) is 12.2 Å². The predicted octanol–water partition coefficient (Wildman–Crippen LogP) is 5.32. The van der Waals surface area contributed by atoms with Crippen LogP contribution in [0.2, 0.25) is 0 Å². The molecule has 0 radical (unpaired) electrons. The Morgan fingerprint density at radius 1 is 1.21 bits per heavy atom. The monoisotopic (exact) mass is 462 g/mol. The Morgan fingerprint density at radius 2 is 2.00 bits per heavy atom. The zero-order chi connectivity index (χ0) is 20.5. The Morgan fingerprint density at radius 3 is 2.71 bits per heavy atom. The lowest BCUT2D eigenvalue weighted by molar-refractivity contribution is 0.0973. The van der Waals surface area contributed by atoms with E-state index < -0.39 is 0 Å². The Hall–Kier alpha value is -2.38. The lowest BCUT2D eigenvalue weighted by atomic mass is 10.2. The van der Waals surface area contributed by atoms with Crippen LogP contribution in [0.1, 0.15) is 30.6 Å². The van der Waals surface area contributed by atoms with Gasteiger partial charge in [-0.15, -0.1) is 0 Å². The van der Waals surface area contributed by atoms with E-state index in [0.717, 1.165) is 16.5 Å². The van der Waals surface area contributed by atoms with E-state index in [2.05, 4.69) is 33.1 Å². The standard InChI is InChI=1S/C21H23BrN2O3S/c1-4-10-26-19-9-8-15(22)11-18(19)20(25)24-21(28)23-16-6-5-7-17(12-16)27-13-14(2)3/h5-9,11-12H,2,4,10,13H2,1,3H3,(H2,23,24,25,28). The number of halogens is 1. The number of benzene rings is 2. The molecule has 2 aromatic carbocycles. The number of hydrogen-bond acceptors (Lipinski definition) is 4. The number of carbonyl (C=O) groups is 1. The summed E-state index contributed by atoms with van der Waals surface area (Å²) in [6, 6.07) is 12.6. The van der Waals surface area contributed by atoms with E-state index in [-0.39, 0.29) is 11.0 Å². The quantitative estimate of drug-likeness (QED) is 0.410. The van der Waals surface area contributed by atoms with E-state index in [1.165, 1.54) is 0 Å². The maximum atomic E-state index is 12.7. The van der Waals surface area contributed by atoms with Crippen molar-refractivity contribution in [3.05, 3.63) is 64.7 Å². The summed E-state index contributed by atoms with van der Waals surface area (Å²) >= 11 is 8.66. The van der Waals surface area contributed by atoms with Crippen molar-refractivity contribution in [1.29, 1.82) is 0 Å². The van der Waals surface area contributed by atoms with Gasteiger partial charge in [0.2, 0.25) is 0 Å². The van der Waals surface area contributed by atoms with Crippen LogP contribution >= 0.6 is 28.1 Å². The van der Waals surface area contributed by atoms with Crippen LogP contribution in [-0.4, -0.2) is 24.2 Å². The second kappa shape index (κ2) is 10.8. The van der Waals surface area contributed by atoms with Gasteiger partial charge in [-0.25, -0.2) is 0 Å². The molecule has 0 aliphatic carbocycles. The molecule has 2 rings (SSSR count). The van der Waals surface area contributed by atoms with Gasteiger partial charge in [0, 0.05) is 16.2 Å². The minimum atomic E-state index is -0.348. The topological polar surface area (TPSA) is 59.6 Å². The number of nitrogens with one attached hydrogen (secondary N) is 2. The molecule has 148 valence electrons. The Bertz CT molecular complexity index is 870. The van der Waals surface area contributed by atoms with Gasteiger partial charge in [-0.2, -0.15) is 0 Å². The SMILES string of the molecule is C=C(C)COc1cccc(NC(=S)NC(=O)c2cc(Br)ccc2OCCC)c1. The van der Waals surface area contributed by atoms with E-state index in [1.807, 2.05) is 38.1 Å². The minimum Gasteiger partial charge on any atom is -0.493 e. The molecular weight excluding hydrogens is 440 g/mol. The summed E-state index contributed by atoms with van der Waals surface area (Å²) < 4.78 is 12.1. The first kappa shape index (κ1) is 21.9. The van der Waals surface area contributed by atoms with Crippen molar-refractivity contribution in [2.24, 2.45) is 0 Å². The maximum Gasteiger partial charge on any atom is 0.261 e. The molecule has 0 saturated carbocycles. The summed E-state index contributed by atoms with van der Waals surface area (Å²) in [5.74, 6) is 0.851. The van der Waals surface area contributed by atoms with Gasteiger partial charge < -0.3 is 14.8 Å². The molecule has 2 N–H and O–H groups in total. The lowest BCUT2D eigenvalue weighted by Gasteiger charge is -2.14. The number of hydrogen-bond donors (Lipinski definition) is 2. The van der Waals surface area contributed by atoms with Crippen LogP contribution in [0.4, 0.5) is 5.69 Å². The van der Waals surface area contributed by atoms with Crippen molar-refractivity contribution >= 4 is 44.9 Å². The van der Waals surface area contributed by atoms with Gasteiger partial charge in [0.15, 0.2) is 5.11 Å². The van der Waals surface area contributed by atoms with Crippen molar-refractivity contribution in [2.45, 2.75) is 20.3 Å². The first-order valence-electron chi connectivity index (χ1n) is 8.81. The van der Waals surface area contributed by atoms with Crippen LogP contribution in [0.5, 0.6) is 11.5 Å². The van der Waals surface area contributed by atoms with Crippen LogP contribution in [0.25, 0.3) is 0 Å². The minimum absolute atomic E-state index is 0.184. The summed E-state index contributed by atoms with van der Waals surface area (Å²) in [6.45, 7) is 8.68. The highest BCUT2D eigenvalue weighted by Crippen LogP contribution is 2.24. The Kier molecular flexibility index (Phi) is 8.47. The summed E-state index contributed by atoms with van der Waals surface area (Å²) in [7, 11) is 0. The number of ether oxygens (including phenoxy) is 2. The van der Waals surface area contributed by atoms with Crippen LogP contribution in [-0.2, 0) is 0 Å². The first-order valence-corrected chi connectivity index (χ1v) is 10.0. The van der Waals surface area contributed by atoms with Crippen molar-refractivity contribution in [1.82, 2.24) is 5.32 Å². The van der Waals surface area contributed by atoms with Gasteiger partial charge in [0.25, 0.3) is 5.91 Å². The van der Waals surface area contributed by atoms with Crippen molar-refractivity contribution in [3.63, 3.8) is 0 Å². The molecule has 2 aromatic rings. The molecule has 0 heterocycles. The fourth-order valence-corrected chi connectivity index (χ4v) is 2.79. The normalized spacial score (nSPS) is 10.1. The third-order valence-corrected chi connectivity index (χ3v) is 4.15. The molecule has 0 unspecified atom stereocenters. The lowest BCUT2D eigenvalue weighted by Crippen LogP contribution is -2.34. The molecule has 0 aromatic heterocycles. The second-order valence-electron chi connectivity index (χ2n) is 6.17. The summed E-state index contributed by atoms with van der Waals surface area (Å²) in [5.41, 5.74) is 2.04. The summed E-state index contributed by atoms with van der Waals surface area (Å²) in [6.07, 6.45) is 0.848. The van der Waals surface area contributed by atoms with Gasteiger partial charge in [0.1, 0.15) is 18.1 Å². The van der Waals surface area contributed by atoms with Gasteiger partial charge >= 0.3 is 0 Å². The van der Waals surface area contributed by atoms with Crippen LogP contribution in [0.3, 0.4) is 0 Å². The third kappa shape index (κ3) is 6.98. The van der Waals surface area contributed by atoms with Crippen molar-refractivity contribution in [3.8, 4) is 11.5 Å². The third-order valence-electron chi connectivity index (χ3n) is 3.45. The van der Waals surface area contributed by atoms with E-state index >= 15 is 0 Å². The van der Waals surface area contributed by atoms with Crippen LogP contribution in [0.15, 0.2) is 59.1 Å². The number of amides is 1. The highest BCUT2D eigenvalue weighted by molar-refractivity contribution is 9.10. The fourth-order valence-electron chi connectivity index (χ4n) is 2.22. The van der Waals surface area contributed by atoms with Gasteiger partial charge in [-0.3, -0.25) is 10.1 Å². The van der Waals surface area contributed by atoms with Crippen molar-refractivity contribution < 1.29 is 14.3 Å². The van der Waals surface area contributed by atoms with Gasteiger partial charge in [-0.1, -0.05) is 35.5 Å². The molecule has 1 amide bonds. The second-order valence-corrected chi connectivity index (χ2v) is 7.49. The van der Waals surface area contributed by atoms with E-state index in [9.17, 15) is 4.79 Å². The van der Waals surface area contributed by atoms with Crippen LogP contribution in [0, 0.1) is 0 Å². The predicted molar refractivity (Wildman–Crippen MR) is 120 cm³/mol. The molecule has 0 fully saturated rings. The Balaban J connectivity index is 2.03. The van der Waals surface area contributed by atoms with Crippen molar-refractivity contribution in [2.75, 3.05) is 18.5 Å². The number of carbonyl (C=O) groups excluding carboxylic acids is 1. The zero-order valence-electron chi connectivity index (χ0n) is 15.9. The largest absolute Gasteiger partial charge is 0.493 e. The van der Waals surface area contributed by atoms with E-state index in [1.54, 1.807) is 18.2 Å². The highest BCUT2D eigenvalue weighted by Gasteiger charge is 2.15. The number of anilines is 1. The summed E-state index contributed by atoms with van der Waals surface area (Å²) in [4.78, 5) is 12.7. The molecule has 0 saturated heterocycles. The maximum absolute atomic E-state index is 12.7. The zero-order valence-corrected chi connectivity index (χ0v) is 18.3. The Labute approximate surface area is 179 Å². The van der Waals surface area contributed by atoms with E-state index in [4.69, 9.17) is 21.7 Å². The molecule has 7 heteroatoms.